The molecule has 0 N–H and O–H groups in total. The van der Waals surface area contributed by atoms with Crippen molar-refractivity contribution < 1.29 is 9.53 Å². The molecular weight excluding hydrogens is 244 g/mol. The van der Waals surface area contributed by atoms with Crippen molar-refractivity contribution in [3.05, 3.63) is 30.2 Å². The number of carbonyl (C=O) groups is 1. The standard InChI is InChI=1S/C13H16N4O2/c1-10-7-16(5-6-19-8-10)13(18)11-3-2-4-17-9-14-15-12(11)17/h2-4,9-10H,5-8H2,1H3. The largest absolute Gasteiger partial charge is 0.379 e. The van der Waals surface area contributed by atoms with Crippen LogP contribution in [0.25, 0.3) is 5.65 Å². The number of aromatic nitrogens is 3. The van der Waals surface area contributed by atoms with Crippen molar-refractivity contribution in [3.63, 3.8) is 0 Å². The Morgan fingerprint density at radius 2 is 2.42 bits per heavy atom. The Kier molecular flexibility index (Phi) is 3.16. The molecule has 0 aliphatic carbocycles. The lowest BCUT2D eigenvalue weighted by molar-refractivity contribution is 0.0739. The van der Waals surface area contributed by atoms with Gasteiger partial charge < -0.3 is 9.64 Å². The number of amides is 1. The van der Waals surface area contributed by atoms with Crippen LogP contribution >= 0.6 is 0 Å². The van der Waals surface area contributed by atoms with Crippen LogP contribution in [0.5, 0.6) is 0 Å². The molecule has 2 aromatic heterocycles. The zero-order chi connectivity index (χ0) is 13.2. The fourth-order valence-corrected chi connectivity index (χ4v) is 2.35. The third-order valence-electron chi connectivity index (χ3n) is 3.28. The Morgan fingerprint density at radius 1 is 1.53 bits per heavy atom. The Labute approximate surface area is 111 Å². The summed E-state index contributed by atoms with van der Waals surface area (Å²) >= 11 is 0. The SMILES string of the molecule is CC1COCCN(C(=O)c2cccn3cnnc23)C1. The molecule has 1 saturated heterocycles. The average Bonchev–Trinajstić information content (AvgIpc) is 2.79. The molecule has 1 aliphatic heterocycles. The summed E-state index contributed by atoms with van der Waals surface area (Å²) in [6, 6.07) is 3.63. The van der Waals surface area contributed by atoms with E-state index in [-0.39, 0.29) is 5.91 Å². The van der Waals surface area contributed by atoms with Gasteiger partial charge >= 0.3 is 0 Å². The predicted octanol–water partition coefficient (Wildman–Crippen LogP) is 0.838. The molecule has 19 heavy (non-hydrogen) atoms. The maximum absolute atomic E-state index is 12.6. The highest BCUT2D eigenvalue weighted by Crippen LogP contribution is 2.14. The highest BCUT2D eigenvalue weighted by Gasteiger charge is 2.23. The lowest BCUT2D eigenvalue weighted by Crippen LogP contribution is -2.35. The Balaban J connectivity index is 1.92. The highest BCUT2D eigenvalue weighted by atomic mass is 16.5. The molecule has 1 atom stereocenters. The second-order valence-electron chi connectivity index (χ2n) is 4.91. The lowest BCUT2D eigenvalue weighted by Gasteiger charge is -2.21. The van der Waals surface area contributed by atoms with E-state index in [9.17, 15) is 4.79 Å². The molecule has 0 radical (unpaired) electrons. The van der Waals surface area contributed by atoms with E-state index in [4.69, 9.17) is 4.74 Å². The Morgan fingerprint density at radius 3 is 3.32 bits per heavy atom. The molecule has 0 bridgehead atoms. The summed E-state index contributed by atoms with van der Waals surface area (Å²) in [7, 11) is 0. The summed E-state index contributed by atoms with van der Waals surface area (Å²) < 4.78 is 7.22. The number of ether oxygens (including phenoxy) is 1. The van der Waals surface area contributed by atoms with E-state index in [1.807, 2.05) is 17.2 Å². The van der Waals surface area contributed by atoms with Crippen molar-refractivity contribution >= 4 is 11.6 Å². The maximum atomic E-state index is 12.6. The van der Waals surface area contributed by atoms with Gasteiger partial charge in [0.1, 0.15) is 6.33 Å². The number of hydrogen-bond acceptors (Lipinski definition) is 4. The fraction of sp³-hybridized carbons (Fsp3) is 0.462. The van der Waals surface area contributed by atoms with Gasteiger partial charge in [0.25, 0.3) is 5.91 Å². The van der Waals surface area contributed by atoms with E-state index in [1.54, 1.807) is 16.8 Å². The number of carbonyl (C=O) groups excluding carboxylic acids is 1. The predicted molar refractivity (Wildman–Crippen MR) is 68.9 cm³/mol. The number of rotatable bonds is 1. The first-order valence-electron chi connectivity index (χ1n) is 6.41. The summed E-state index contributed by atoms with van der Waals surface area (Å²) in [5.74, 6) is 0.347. The zero-order valence-corrected chi connectivity index (χ0v) is 10.8. The van der Waals surface area contributed by atoms with Gasteiger partial charge in [-0.3, -0.25) is 9.20 Å². The van der Waals surface area contributed by atoms with Gasteiger partial charge in [-0.25, -0.2) is 0 Å². The molecule has 0 aromatic carbocycles. The molecule has 0 spiro atoms. The molecule has 6 heteroatoms. The minimum Gasteiger partial charge on any atom is -0.379 e. The second kappa shape index (κ2) is 4.97. The molecule has 1 aliphatic rings. The molecule has 1 unspecified atom stereocenters. The van der Waals surface area contributed by atoms with Crippen LogP contribution in [-0.4, -0.2) is 51.7 Å². The Hall–Kier alpha value is -1.95. The van der Waals surface area contributed by atoms with Crippen LogP contribution in [-0.2, 0) is 4.74 Å². The van der Waals surface area contributed by atoms with Crippen LogP contribution in [0.15, 0.2) is 24.7 Å². The summed E-state index contributed by atoms with van der Waals surface area (Å²) in [6.45, 7) is 4.72. The molecule has 3 rings (SSSR count). The monoisotopic (exact) mass is 260 g/mol. The minimum absolute atomic E-state index is 0.00375. The molecule has 2 aromatic rings. The van der Waals surface area contributed by atoms with Crippen LogP contribution in [0, 0.1) is 5.92 Å². The van der Waals surface area contributed by atoms with Crippen molar-refractivity contribution in [3.8, 4) is 0 Å². The van der Waals surface area contributed by atoms with Gasteiger partial charge in [-0.1, -0.05) is 6.92 Å². The molecule has 3 heterocycles. The van der Waals surface area contributed by atoms with Gasteiger partial charge in [-0.2, -0.15) is 0 Å². The van der Waals surface area contributed by atoms with Crippen molar-refractivity contribution in [1.82, 2.24) is 19.5 Å². The van der Waals surface area contributed by atoms with Gasteiger partial charge in [-0.05, 0) is 18.1 Å². The van der Waals surface area contributed by atoms with E-state index in [1.165, 1.54) is 0 Å². The molecule has 1 fully saturated rings. The first-order valence-corrected chi connectivity index (χ1v) is 6.41. The van der Waals surface area contributed by atoms with E-state index < -0.39 is 0 Å². The van der Waals surface area contributed by atoms with Gasteiger partial charge in [0, 0.05) is 19.3 Å². The highest BCUT2D eigenvalue weighted by molar-refractivity contribution is 5.99. The Bertz CT molecular complexity index is 595. The molecule has 100 valence electrons. The third kappa shape index (κ3) is 2.31. The normalized spacial score (nSPS) is 20.5. The quantitative estimate of drug-likeness (QED) is 0.762. The van der Waals surface area contributed by atoms with Crippen LogP contribution in [0.1, 0.15) is 17.3 Å². The van der Waals surface area contributed by atoms with Gasteiger partial charge in [0.15, 0.2) is 5.65 Å². The summed E-state index contributed by atoms with van der Waals surface area (Å²) in [4.78, 5) is 14.4. The van der Waals surface area contributed by atoms with Crippen molar-refractivity contribution in [2.75, 3.05) is 26.3 Å². The van der Waals surface area contributed by atoms with Gasteiger partial charge in [0.2, 0.25) is 0 Å². The first-order chi connectivity index (χ1) is 9.25. The third-order valence-corrected chi connectivity index (χ3v) is 3.28. The zero-order valence-electron chi connectivity index (χ0n) is 10.8. The average molecular weight is 260 g/mol. The molecule has 0 saturated carbocycles. The van der Waals surface area contributed by atoms with Crippen LogP contribution in [0.2, 0.25) is 0 Å². The van der Waals surface area contributed by atoms with Crippen molar-refractivity contribution in [2.24, 2.45) is 5.92 Å². The summed E-state index contributed by atoms with van der Waals surface area (Å²) in [6.07, 6.45) is 3.43. The number of fused-ring (bicyclic) bond motifs is 1. The van der Waals surface area contributed by atoms with Crippen molar-refractivity contribution in [2.45, 2.75) is 6.92 Å². The minimum atomic E-state index is -0.00375. The smallest absolute Gasteiger partial charge is 0.257 e. The van der Waals surface area contributed by atoms with Gasteiger partial charge in [0.05, 0.1) is 18.8 Å². The molecule has 1 amide bonds. The van der Waals surface area contributed by atoms with E-state index in [0.29, 0.717) is 43.4 Å². The topological polar surface area (TPSA) is 59.7 Å². The number of hydrogen-bond donors (Lipinski definition) is 0. The second-order valence-corrected chi connectivity index (χ2v) is 4.91. The summed E-state index contributed by atoms with van der Waals surface area (Å²) in [5.41, 5.74) is 1.19. The maximum Gasteiger partial charge on any atom is 0.257 e. The first kappa shape index (κ1) is 12.1. The molecular formula is C13H16N4O2. The van der Waals surface area contributed by atoms with Crippen molar-refractivity contribution in [1.29, 1.82) is 0 Å². The fourth-order valence-electron chi connectivity index (χ4n) is 2.35. The van der Waals surface area contributed by atoms with Crippen LogP contribution in [0.4, 0.5) is 0 Å². The summed E-state index contributed by atoms with van der Waals surface area (Å²) in [5, 5.41) is 7.85. The van der Waals surface area contributed by atoms with Gasteiger partial charge in [-0.15, -0.1) is 10.2 Å². The lowest BCUT2D eigenvalue weighted by atomic mass is 10.1. The number of pyridine rings is 1. The van der Waals surface area contributed by atoms with Crippen LogP contribution < -0.4 is 0 Å². The molecule has 6 nitrogen and oxygen atoms in total. The van der Waals surface area contributed by atoms with Crippen LogP contribution in [0.3, 0.4) is 0 Å². The number of nitrogens with zero attached hydrogens (tertiary/aromatic N) is 4. The van der Waals surface area contributed by atoms with E-state index >= 15 is 0 Å². The van der Waals surface area contributed by atoms with E-state index in [0.717, 1.165) is 0 Å². The van der Waals surface area contributed by atoms with E-state index in [2.05, 4.69) is 17.1 Å².